The monoisotopic (exact) mass is 497 g/mol. The molecule has 0 aliphatic carbocycles. The van der Waals surface area contributed by atoms with Crippen molar-refractivity contribution < 1.29 is 14.3 Å². The van der Waals surface area contributed by atoms with Gasteiger partial charge >= 0.3 is 0 Å². The van der Waals surface area contributed by atoms with Crippen LogP contribution in [0.25, 0.3) is 5.82 Å². The number of aromatic nitrogens is 4. The van der Waals surface area contributed by atoms with Gasteiger partial charge < -0.3 is 14.8 Å². The van der Waals surface area contributed by atoms with E-state index in [9.17, 15) is 4.79 Å². The highest BCUT2D eigenvalue weighted by Crippen LogP contribution is 2.27. The molecule has 4 rings (SSSR count). The fraction of sp³-hybridized carbons (Fsp3) is 0.167. The fourth-order valence-electron chi connectivity index (χ4n) is 3.21. The van der Waals surface area contributed by atoms with E-state index in [4.69, 9.17) is 32.7 Å². The average molecular weight is 498 g/mol. The van der Waals surface area contributed by atoms with Crippen molar-refractivity contribution in [3.63, 3.8) is 0 Å². The van der Waals surface area contributed by atoms with E-state index in [-0.39, 0.29) is 12.5 Å². The molecule has 34 heavy (non-hydrogen) atoms. The van der Waals surface area contributed by atoms with Crippen molar-refractivity contribution in [2.24, 2.45) is 0 Å². The molecule has 0 aliphatic heterocycles. The SMILES string of the molecule is Cc1cc(C)n(-c2cc(Oc3ccc(NC(=O)COc4ccc(Cl)cc4Cl)cc3)nc(C)n2)n1. The first-order valence-electron chi connectivity index (χ1n) is 10.3. The van der Waals surface area contributed by atoms with Crippen LogP contribution in [0.3, 0.4) is 0 Å². The molecule has 0 aliphatic rings. The normalized spacial score (nSPS) is 10.7. The van der Waals surface area contributed by atoms with Crippen LogP contribution < -0.4 is 14.8 Å². The molecule has 2 aromatic heterocycles. The zero-order chi connectivity index (χ0) is 24.2. The van der Waals surface area contributed by atoms with E-state index in [1.807, 2.05) is 19.9 Å². The van der Waals surface area contributed by atoms with Gasteiger partial charge in [0.05, 0.1) is 10.7 Å². The molecule has 2 heterocycles. The number of carbonyl (C=O) groups is 1. The summed E-state index contributed by atoms with van der Waals surface area (Å²) >= 11 is 11.9. The molecule has 0 radical (unpaired) electrons. The molecule has 174 valence electrons. The van der Waals surface area contributed by atoms with Gasteiger partial charge in [0, 0.05) is 22.5 Å². The Morgan fingerprint density at radius 1 is 1.00 bits per heavy atom. The Morgan fingerprint density at radius 2 is 1.76 bits per heavy atom. The third-order valence-electron chi connectivity index (χ3n) is 4.64. The van der Waals surface area contributed by atoms with Crippen molar-refractivity contribution in [3.8, 4) is 23.2 Å². The van der Waals surface area contributed by atoms with Gasteiger partial charge in [-0.2, -0.15) is 10.1 Å². The highest BCUT2D eigenvalue weighted by Gasteiger charge is 2.11. The van der Waals surface area contributed by atoms with E-state index in [1.165, 1.54) is 0 Å². The van der Waals surface area contributed by atoms with Crippen LogP contribution in [0, 0.1) is 20.8 Å². The Kier molecular flexibility index (Phi) is 7.00. The smallest absolute Gasteiger partial charge is 0.262 e. The summed E-state index contributed by atoms with van der Waals surface area (Å²) in [6.07, 6.45) is 0. The molecule has 2 aromatic carbocycles. The molecule has 0 saturated heterocycles. The zero-order valence-corrected chi connectivity index (χ0v) is 20.2. The first kappa shape index (κ1) is 23.5. The Hall–Kier alpha value is -3.62. The number of hydrogen-bond donors (Lipinski definition) is 1. The van der Waals surface area contributed by atoms with E-state index < -0.39 is 0 Å². The molecular formula is C24H21Cl2N5O3. The lowest BCUT2D eigenvalue weighted by molar-refractivity contribution is -0.118. The summed E-state index contributed by atoms with van der Waals surface area (Å²) in [6.45, 7) is 5.48. The van der Waals surface area contributed by atoms with Gasteiger partial charge in [-0.1, -0.05) is 23.2 Å². The number of benzene rings is 2. The number of nitrogens with one attached hydrogen (secondary N) is 1. The summed E-state index contributed by atoms with van der Waals surface area (Å²) in [5, 5.41) is 8.04. The molecular weight excluding hydrogens is 477 g/mol. The van der Waals surface area contributed by atoms with E-state index in [0.29, 0.717) is 44.8 Å². The van der Waals surface area contributed by atoms with Crippen molar-refractivity contribution in [1.29, 1.82) is 0 Å². The third-order valence-corrected chi connectivity index (χ3v) is 5.17. The second-order valence-corrected chi connectivity index (χ2v) is 8.33. The summed E-state index contributed by atoms with van der Waals surface area (Å²) in [6, 6.07) is 15.4. The van der Waals surface area contributed by atoms with Gasteiger partial charge in [-0.05, 0) is 69.3 Å². The van der Waals surface area contributed by atoms with Crippen LogP contribution >= 0.6 is 23.2 Å². The zero-order valence-electron chi connectivity index (χ0n) is 18.7. The molecule has 8 nitrogen and oxygen atoms in total. The molecule has 0 spiro atoms. The van der Waals surface area contributed by atoms with Crippen molar-refractivity contribution in [3.05, 3.63) is 81.9 Å². The first-order chi connectivity index (χ1) is 16.3. The molecule has 1 amide bonds. The first-order valence-corrected chi connectivity index (χ1v) is 11.1. The summed E-state index contributed by atoms with van der Waals surface area (Å²) in [5.41, 5.74) is 2.45. The molecule has 4 aromatic rings. The summed E-state index contributed by atoms with van der Waals surface area (Å²) in [7, 11) is 0. The van der Waals surface area contributed by atoms with Gasteiger partial charge in [0.2, 0.25) is 5.88 Å². The van der Waals surface area contributed by atoms with Gasteiger partial charge in [0.15, 0.2) is 12.4 Å². The van der Waals surface area contributed by atoms with Gasteiger partial charge in [-0.25, -0.2) is 9.67 Å². The van der Waals surface area contributed by atoms with Gasteiger partial charge in [0.25, 0.3) is 5.91 Å². The number of amides is 1. The minimum atomic E-state index is -0.333. The van der Waals surface area contributed by atoms with Crippen LogP contribution in [-0.4, -0.2) is 32.3 Å². The molecule has 1 N–H and O–H groups in total. The quantitative estimate of drug-likeness (QED) is 0.351. The number of anilines is 1. The van der Waals surface area contributed by atoms with E-state index in [1.54, 1.807) is 60.1 Å². The second-order valence-electron chi connectivity index (χ2n) is 7.49. The lowest BCUT2D eigenvalue weighted by Gasteiger charge is -2.11. The predicted molar refractivity (Wildman–Crippen MR) is 130 cm³/mol. The van der Waals surface area contributed by atoms with E-state index >= 15 is 0 Å². The number of carbonyl (C=O) groups excluding carboxylic acids is 1. The van der Waals surface area contributed by atoms with E-state index in [0.717, 1.165) is 11.4 Å². The maximum absolute atomic E-state index is 12.2. The minimum absolute atomic E-state index is 0.199. The summed E-state index contributed by atoms with van der Waals surface area (Å²) in [5.74, 6) is 2.17. The molecule has 0 bridgehead atoms. The topological polar surface area (TPSA) is 91.2 Å². The standard InChI is InChI=1S/C24H21Cl2N5O3/c1-14-10-15(2)31(30-14)22-12-24(28-16(3)27-22)34-19-7-5-18(6-8-19)29-23(32)13-33-21-9-4-17(25)11-20(21)26/h4-12H,13H2,1-3H3,(H,29,32). The van der Waals surface area contributed by atoms with Crippen LogP contribution in [0.1, 0.15) is 17.2 Å². The van der Waals surface area contributed by atoms with Crippen LogP contribution in [0.4, 0.5) is 5.69 Å². The molecule has 10 heteroatoms. The van der Waals surface area contributed by atoms with Crippen LogP contribution in [0.5, 0.6) is 17.4 Å². The van der Waals surface area contributed by atoms with Crippen LogP contribution in [0.2, 0.25) is 10.0 Å². The van der Waals surface area contributed by atoms with Gasteiger partial charge in [0.1, 0.15) is 17.3 Å². The average Bonchev–Trinajstić information content (AvgIpc) is 3.12. The number of ether oxygens (including phenoxy) is 2. The van der Waals surface area contributed by atoms with Crippen LogP contribution in [0.15, 0.2) is 54.6 Å². The largest absolute Gasteiger partial charge is 0.482 e. The molecule has 0 fully saturated rings. The fourth-order valence-corrected chi connectivity index (χ4v) is 3.67. The number of hydrogen-bond acceptors (Lipinski definition) is 6. The maximum atomic E-state index is 12.2. The van der Waals surface area contributed by atoms with Crippen LogP contribution in [-0.2, 0) is 4.79 Å². The summed E-state index contributed by atoms with van der Waals surface area (Å²) < 4.78 is 13.1. The predicted octanol–water partition coefficient (Wildman–Crippen LogP) is 5.70. The van der Waals surface area contributed by atoms with Crippen molar-refractivity contribution in [2.75, 3.05) is 11.9 Å². The lowest BCUT2D eigenvalue weighted by Crippen LogP contribution is -2.20. The van der Waals surface area contributed by atoms with Gasteiger partial charge in [-0.15, -0.1) is 0 Å². The van der Waals surface area contributed by atoms with Crippen molar-refractivity contribution in [1.82, 2.24) is 19.7 Å². The van der Waals surface area contributed by atoms with Crippen molar-refractivity contribution >= 4 is 34.8 Å². The Labute approximate surface area is 206 Å². The molecule has 0 unspecified atom stereocenters. The van der Waals surface area contributed by atoms with Gasteiger partial charge in [-0.3, -0.25) is 4.79 Å². The third kappa shape index (κ3) is 5.84. The number of halogens is 2. The van der Waals surface area contributed by atoms with E-state index in [2.05, 4.69) is 20.4 Å². The number of nitrogens with zero attached hydrogens (tertiary/aromatic N) is 4. The van der Waals surface area contributed by atoms with Crippen molar-refractivity contribution in [2.45, 2.75) is 20.8 Å². The molecule has 0 atom stereocenters. The Balaban J connectivity index is 1.38. The highest BCUT2D eigenvalue weighted by molar-refractivity contribution is 6.35. The Bertz CT molecular complexity index is 1340. The molecule has 0 saturated carbocycles. The maximum Gasteiger partial charge on any atom is 0.262 e. The second kappa shape index (κ2) is 10.1. The lowest BCUT2D eigenvalue weighted by atomic mass is 10.3. The summed E-state index contributed by atoms with van der Waals surface area (Å²) in [4.78, 5) is 21.0. The minimum Gasteiger partial charge on any atom is -0.482 e. The highest BCUT2D eigenvalue weighted by atomic mass is 35.5. The Morgan fingerprint density at radius 3 is 2.44 bits per heavy atom. The number of rotatable bonds is 7. The number of aryl methyl sites for hydroxylation is 3.